The lowest BCUT2D eigenvalue weighted by molar-refractivity contribution is 0.276. The van der Waals surface area contributed by atoms with E-state index in [2.05, 4.69) is 16.4 Å². The summed E-state index contributed by atoms with van der Waals surface area (Å²) in [5.41, 5.74) is 3.08. The number of aliphatic hydroxyl groups excluding tert-OH is 1. The molecule has 0 amide bonds. The molecule has 5 heteroatoms. The third kappa shape index (κ3) is 2.39. The summed E-state index contributed by atoms with van der Waals surface area (Å²) in [5.74, 6) is 0. The average molecular weight is 242 g/mol. The summed E-state index contributed by atoms with van der Waals surface area (Å²) in [6.07, 6.45) is 0.590. The van der Waals surface area contributed by atoms with Gasteiger partial charge in [-0.1, -0.05) is 29.0 Å². The Kier molecular flexibility index (Phi) is 3.70. The van der Waals surface area contributed by atoms with Crippen molar-refractivity contribution in [2.75, 3.05) is 6.61 Å². The minimum Gasteiger partial charge on any atom is -0.396 e. The van der Waals surface area contributed by atoms with Gasteiger partial charge in [0.2, 0.25) is 0 Å². The molecule has 0 bridgehead atoms. The third-order valence-electron chi connectivity index (χ3n) is 2.66. The van der Waals surface area contributed by atoms with Crippen molar-refractivity contribution in [3.8, 4) is 17.3 Å². The lowest BCUT2D eigenvalue weighted by Crippen LogP contribution is -2.04. The van der Waals surface area contributed by atoms with Crippen molar-refractivity contribution in [3.63, 3.8) is 0 Å². The Morgan fingerprint density at radius 1 is 1.44 bits per heavy atom. The van der Waals surface area contributed by atoms with Crippen LogP contribution >= 0.6 is 0 Å². The predicted molar refractivity (Wildman–Crippen MR) is 66.6 cm³/mol. The molecule has 0 aliphatic rings. The number of aryl methyl sites for hydroxylation is 2. The summed E-state index contributed by atoms with van der Waals surface area (Å²) in [5, 5.41) is 25.8. The van der Waals surface area contributed by atoms with E-state index in [-0.39, 0.29) is 6.61 Å². The lowest BCUT2D eigenvalue weighted by Gasteiger charge is -2.06. The van der Waals surface area contributed by atoms with Gasteiger partial charge < -0.3 is 5.11 Å². The highest BCUT2D eigenvalue weighted by atomic mass is 16.3. The zero-order chi connectivity index (χ0) is 13.0. The molecule has 0 atom stereocenters. The van der Waals surface area contributed by atoms with Gasteiger partial charge in [-0.15, -0.1) is 5.10 Å². The first-order chi connectivity index (χ1) is 8.76. The number of benzene rings is 1. The number of rotatable bonds is 4. The van der Waals surface area contributed by atoms with E-state index in [1.165, 1.54) is 0 Å². The van der Waals surface area contributed by atoms with Crippen LogP contribution in [0.3, 0.4) is 0 Å². The maximum absolute atomic E-state index is 9.07. The number of aliphatic hydroxyl groups is 1. The Bertz CT molecular complexity index is 583. The second kappa shape index (κ2) is 5.43. The Hall–Kier alpha value is -2.19. The summed E-state index contributed by atoms with van der Waals surface area (Å²) in [6, 6.07) is 9.92. The molecular formula is C13H14N4O. The molecule has 0 unspecified atom stereocenters. The van der Waals surface area contributed by atoms with Gasteiger partial charge in [-0.3, -0.25) is 0 Å². The second-order valence-electron chi connectivity index (χ2n) is 4.07. The summed E-state index contributed by atoms with van der Waals surface area (Å²) in [7, 11) is 0. The van der Waals surface area contributed by atoms with Crippen LogP contribution in [0.2, 0.25) is 0 Å². The molecule has 1 N–H and O–H groups in total. The first kappa shape index (κ1) is 12.3. The fourth-order valence-electron chi connectivity index (χ4n) is 1.84. The third-order valence-corrected chi connectivity index (χ3v) is 2.66. The van der Waals surface area contributed by atoms with Crippen LogP contribution in [0.25, 0.3) is 11.3 Å². The highest BCUT2D eigenvalue weighted by molar-refractivity contribution is 5.65. The number of aromatic nitrogens is 3. The SMILES string of the molecule is Cc1cccc(-c2c(C#N)nnn2CCCO)c1. The molecule has 0 spiro atoms. The monoisotopic (exact) mass is 242 g/mol. The van der Waals surface area contributed by atoms with E-state index >= 15 is 0 Å². The van der Waals surface area contributed by atoms with Crippen LogP contribution in [0.4, 0.5) is 0 Å². The van der Waals surface area contributed by atoms with Crippen molar-refractivity contribution in [2.24, 2.45) is 0 Å². The van der Waals surface area contributed by atoms with Gasteiger partial charge in [0.05, 0.1) is 0 Å². The largest absolute Gasteiger partial charge is 0.396 e. The topological polar surface area (TPSA) is 74.7 Å². The van der Waals surface area contributed by atoms with Gasteiger partial charge in [0.15, 0.2) is 5.69 Å². The fraction of sp³-hybridized carbons (Fsp3) is 0.308. The molecule has 92 valence electrons. The maximum Gasteiger partial charge on any atom is 0.190 e. The van der Waals surface area contributed by atoms with E-state index in [0.29, 0.717) is 18.7 Å². The molecule has 2 aromatic rings. The van der Waals surface area contributed by atoms with E-state index in [1.807, 2.05) is 31.2 Å². The van der Waals surface area contributed by atoms with Crippen LogP contribution in [0.5, 0.6) is 0 Å². The minimum atomic E-state index is 0.0923. The van der Waals surface area contributed by atoms with Gasteiger partial charge in [-0.25, -0.2) is 4.68 Å². The maximum atomic E-state index is 9.07. The molecule has 0 saturated heterocycles. The van der Waals surface area contributed by atoms with Gasteiger partial charge in [0, 0.05) is 18.7 Å². The molecule has 0 aliphatic carbocycles. The van der Waals surface area contributed by atoms with Gasteiger partial charge >= 0.3 is 0 Å². The Labute approximate surface area is 105 Å². The standard InChI is InChI=1S/C13H14N4O/c1-10-4-2-5-11(8-10)13-12(9-14)15-16-17(13)6-3-7-18/h2,4-5,8,18H,3,6-7H2,1H3. The van der Waals surface area contributed by atoms with E-state index < -0.39 is 0 Å². The smallest absolute Gasteiger partial charge is 0.190 e. The number of nitrogens with zero attached hydrogens (tertiary/aromatic N) is 4. The van der Waals surface area contributed by atoms with Crippen LogP contribution in [0.15, 0.2) is 24.3 Å². The summed E-state index contributed by atoms with van der Waals surface area (Å²) in [6.45, 7) is 2.64. The van der Waals surface area contributed by atoms with Gasteiger partial charge in [0.25, 0.3) is 0 Å². The molecule has 0 saturated carbocycles. The fourth-order valence-corrected chi connectivity index (χ4v) is 1.84. The zero-order valence-electron chi connectivity index (χ0n) is 10.2. The van der Waals surface area contributed by atoms with Crippen LogP contribution in [0, 0.1) is 18.3 Å². The summed E-state index contributed by atoms with van der Waals surface area (Å²) >= 11 is 0. The van der Waals surface area contributed by atoms with Crippen LogP contribution < -0.4 is 0 Å². The minimum absolute atomic E-state index is 0.0923. The molecule has 1 heterocycles. The van der Waals surface area contributed by atoms with Crippen LogP contribution in [-0.2, 0) is 6.54 Å². The molecule has 1 aromatic heterocycles. The molecule has 0 fully saturated rings. The van der Waals surface area contributed by atoms with Crippen LogP contribution in [0.1, 0.15) is 17.7 Å². The van der Waals surface area contributed by atoms with E-state index in [9.17, 15) is 0 Å². The number of hydrogen-bond acceptors (Lipinski definition) is 4. The Morgan fingerprint density at radius 2 is 2.28 bits per heavy atom. The molecule has 1 aromatic carbocycles. The Balaban J connectivity index is 2.47. The molecule has 0 radical (unpaired) electrons. The molecular weight excluding hydrogens is 228 g/mol. The first-order valence-corrected chi connectivity index (χ1v) is 5.77. The van der Waals surface area contributed by atoms with Crippen LogP contribution in [-0.4, -0.2) is 26.7 Å². The predicted octanol–water partition coefficient (Wildman–Crippen LogP) is 1.51. The highest BCUT2D eigenvalue weighted by Crippen LogP contribution is 2.22. The number of hydrogen-bond donors (Lipinski definition) is 1. The van der Waals surface area contributed by atoms with Crippen molar-refractivity contribution in [1.82, 2.24) is 15.0 Å². The summed E-state index contributed by atoms with van der Waals surface area (Å²) < 4.78 is 1.67. The van der Waals surface area contributed by atoms with Crippen molar-refractivity contribution in [3.05, 3.63) is 35.5 Å². The van der Waals surface area contributed by atoms with E-state index in [0.717, 1.165) is 16.8 Å². The highest BCUT2D eigenvalue weighted by Gasteiger charge is 2.14. The van der Waals surface area contributed by atoms with Gasteiger partial charge in [-0.2, -0.15) is 5.26 Å². The molecule has 0 aliphatic heterocycles. The molecule has 5 nitrogen and oxygen atoms in total. The van der Waals surface area contributed by atoms with Crippen molar-refractivity contribution in [2.45, 2.75) is 19.9 Å². The van der Waals surface area contributed by atoms with Crippen molar-refractivity contribution in [1.29, 1.82) is 5.26 Å². The Morgan fingerprint density at radius 3 is 2.94 bits per heavy atom. The second-order valence-corrected chi connectivity index (χ2v) is 4.07. The summed E-state index contributed by atoms with van der Waals surface area (Å²) in [4.78, 5) is 0. The quantitative estimate of drug-likeness (QED) is 0.881. The van der Waals surface area contributed by atoms with E-state index in [1.54, 1.807) is 4.68 Å². The molecule has 2 rings (SSSR count). The van der Waals surface area contributed by atoms with Gasteiger partial charge in [-0.05, 0) is 19.4 Å². The zero-order valence-corrected chi connectivity index (χ0v) is 10.2. The lowest BCUT2D eigenvalue weighted by atomic mass is 10.1. The normalized spacial score (nSPS) is 10.3. The number of nitriles is 1. The molecule has 18 heavy (non-hydrogen) atoms. The van der Waals surface area contributed by atoms with Crippen molar-refractivity contribution >= 4 is 0 Å². The van der Waals surface area contributed by atoms with Crippen molar-refractivity contribution < 1.29 is 5.11 Å². The average Bonchev–Trinajstić information content (AvgIpc) is 2.79. The van der Waals surface area contributed by atoms with Gasteiger partial charge in [0.1, 0.15) is 11.8 Å². The van der Waals surface area contributed by atoms with E-state index in [4.69, 9.17) is 10.4 Å². The first-order valence-electron chi connectivity index (χ1n) is 5.77.